The van der Waals surface area contributed by atoms with Crippen molar-refractivity contribution in [1.29, 1.82) is 0 Å². The lowest BCUT2D eigenvalue weighted by Crippen LogP contribution is -2.33. The van der Waals surface area contributed by atoms with Crippen LogP contribution < -0.4 is 10.6 Å². The number of hydrogen-bond acceptors (Lipinski definition) is 4. The minimum Gasteiger partial charge on any atom is -0.441 e. The summed E-state index contributed by atoms with van der Waals surface area (Å²) in [4.78, 5) is 28.8. The van der Waals surface area contributed by atoms with E-state index in [1.54, 1.807) is 6.92 Å². The number of oxazole rings is 1. The van der Waals surface area contributed by atoms with E-state index in [-0.39, 0.29) is 18.1 Å². The zero-order valence-electron chi connectivity index (χ0n) is 15.3. The van der Waals surface area contributed by atoms with E-state index in [1.165, 1.54) is 0 Å². The number of carbonyl (C=O) groups excluding carboxylic acids is 2. The molecule has 0 radical (unpaired) electrons. The number of nitrogens with one attached hydrogen (secondary N) is 2. The highest BCUT2D eigenvalue weighted by Crippen LogP contribution is 2.21. The van der Waals surface area contributed by atoms with Crippen LogP contribution in [0, 0.1) is 6.92 Å². The summed E-state index contributed by atoms with van der Waals surface area (Å²) in [6, 6.07) is 16.9. The molecule has 27 heavy (non-hydrogen) atoms. The Kier molecular flexibility index (Phi) is 5.66. The molecule has 2 amide bonds. The molecule has 0 unspecified atom stereocenters. The minimum absolute atomic E-state index is 0.149. The molecule has 0 aliphatic heterocycles. The van der Waals surface area contributed by atoms with Crippen molar-refractivity contribution >= 4 is 17.5 Å². The van der Waals surface area contributed by atoms with E-state index in [1.807, 2.05) is 61.5 Å². The van der Waals surface area contributed by atoms with Gasteiger partial charge in [-0.2, -0.15) is 0 Å². The smallest absolute Gasteiger partial charge is 0.273 e. The normalized spacial score (nSPS) is 10.4. The first-order chi connectivity index (χ1) is 13.1. The van der Waals surface area contributed by atoms with Gasteiger partial charge in [-0.25, -0.2) is 4.98 Å². The van der Waals surface area contributed by atoms with Gasteiger partial charge in [-0.05, 0) is 37.1 Å². The molecule has 0 fully saturated rings. The number of aryl methyl sites for hydroxylation is 2. The summed E-state index contributed by atoms with van der Waals surface area (Å²) in [6.45, 7) is 3.54. The van der Waals surface area contributed by atoms with Gasteiger partial charge in [0.05, 0.1) is 6.54 Å². The lowest BCUT2D eigenvalue weighted by Gasteiger charge is -2.10. The number of para-hydroxylation sites is 1. The van der Waals surface area contributed by atoms with Crippen molar-refractivity contribution < 1.29 is 14.0 Å². The SMILES string of the molecule is CCc1ccccc1NC(=O)CNC(=O)c1nc(-c2ccccc2)oc1C. The first kappa shape index (κ1) is 18.4. The molecule has 3 aromatic rings. The molecule has 2 aromatic carbocycles. The van der Waals surface area contributed by atoms with Gasteiger partial charge in [-0.1, -0.05) is 43.3 Å². The van der Waals surface area contributed by atoms with Crippen LogP contribution in [-0.2, 0) is 11.2 Å². The summed E-state index contributed by atoms with van der Waals surface area (Å²) in [5.74, 6) is 0.0358. The van der Waals surface area contributed by atoms with Crippen molar-refractivity contribution in [2.45, 2.75) is 20.3 Å². The predicted octanol–water partition coefficient (Wildman–Crippen LogP) is 3.58. The summed E-state index contributed by atoms with van der Waals surface area (Å²) < 4.78 is 5.58. The quantitative estimate of drug-likeness (QED) is 0.701. The maximum Gasteiger partial charge on any atom is 0.273 e. The van der Waals surface area contributed by atoms with Gasteiger partial charge in [0, 0.05) is 11.3 Å². The van der Waals surface area contributed by atoms with Crippen LogP contribution in [0.25, 0.3) is 11.5 Å². The topological polar surface area (TPSA) is 84.2 Å². The third-order valence-corrected chi connectivity index (χ3v) is 4.11. The molecule has 1 heterocycles. The van der Waals surface area contributed by atoms with Gasteiger partial charge in [0.15, 0.2) is 5.69 Å². The first-order valence-corrected chi connectivity index (χ1v) is 8.77. The first-order valence-electron chi connectivity index (χ1n) is 8.77. The summed E-state index contributed by atoms with van der Waals surface area (Å²) in [6.07, 6.45) is 0.809. The van der Waals surface area contributed by atoms with Crippen molar-refractivity contribution in [3.05, 3.63) is 71.6 Å². The lowest BCUT2D eigenvalue weighted by atomic mass is 10.1. The molecule has 6 nitrogen and oxygen atoms in total. The van der Waals surface area contributed by atoms with E-state index in [0.29, 0.717) is 11.7 Å². The van der Waals surface area contributed by atoms with Crippen LogP contribution in [0.1, 0.15) is 28.7 Å². The summed E-state index contributed by atoms with van der Waals surface area (Å²) >= 11 is 0. The van der Waals surface area contributed by atoms with Gasteiger partial charge >= 0.3 is 0 Å². The average Bonchev–Trinajstić information content (AvgIpc) is 3.09. The molecule has 1 aromatic heterocycles. The van der Waals surface area contributed by atoms with Crippen LogP contribution >= 0.6 is 0 Å². The van der Waals surface area contributed by atoms with E-state index in [0.717, 1.165) is 23.2 Å². The number of hydrogen-bond donors (Lipinski definition) is 2. The fraction of sp³-hybridized carbons (Fsp3) is 0.190. The van der Waals surface area contributed by atoms with Gasteiger partial charge in [0.2, 0.25) is 11.8 Å². The van der Waals surface area contributed by atoms with Crippen molar-refractivity contribution in [2.75, 3.05) is 11.9 Å². The Hall–Kier alpha value is -3.41. The van der Waals surface area contributed by atoms with Gasteiger partial charge in [0.25, 0.3) is 5.91 Å². The maximum absolute atomic E-state index is 12.4. The second-order valence-electron chi connectivity index (χ2n) is 6.03. The number of aromatic nitrogens is 1. The highest BCUT2D eigenvalue weighted by molar-refractivity contribution is 5.99. The molecule has 2 N–H and O–H groups in total. The molecule has 0 spiro atoms. The second kappa shape index (κ2) is 8.31. The molecule has 0 bridgehead atoms. The fourth-order valence-corrected chi connectivity index (χ4v) is 2.70. The highest BCUT2D eigenvalue weighted by atomic mass is 16.4. The number of carbonyl (C=O) groups is 2. The van der Waals surface area contributed by atoms with E-state index in [9.17, 15) is 9.59 Å². The molecular formula is C21H21N3O3. The van der Waals surface area contributed by atoms with Crippen LogP contribution in [0.5, 0.6) is 0 Å². The van der Waals surface area contributed by atoms with E-state index < -0.39 is 5.91 Å². The second-order valence-corrected chi connectivity index (χ2v) is 6.03. The third-order valence-electron chi connectivity index (χ3n) is 4.11. The Labute approximate surface area is 157 Å². The molecule has 0 atom stereocenters. The fourth-order valence-electron chi connectivity index (χ4n) is 2.70. The zero-order chi connectivity index (χ0) is 19.2. The van der Waals surface area contributed by atoms with E-state index in [2.05, 4.69) is 15.6 Å². The molecule has 138 valence electrons. The maximum atomic E-state index is 12.4. The monoisotopic (exact) mass is 363 g/mol. The number of nitrogens with zero attached hydrogens (tertiary/aromatic N) is 1. The van der Waals surface area contributed by atoms with Crippen LogP contribution in [0.2, 0.25) is 0 Å². The average molecular weight is 363 g/mol. The predicted molar refractivity (Wildman–Crippen MR) is 103 cm³/mol. The van der Waals surface area contributed by atoms with Gasteiger partial charge in [-0.3, -0.25) is 9.59 Å². The van der Waals surface area contributed by atoms with Crippen LogP contribution in [0.3, 0.4) is 0 Å². The van der Waals surface area contributed by atoms with Crippen LogP contribution in [0.15, 0.2) is 59.0 Å². The Bertz CT molecular complexity index is 948. The van der Waals surface area contributed by atoms with Gasteiger partial charge in [-0.15, -0.1) is 0 Å². The van der Waals surface area contributed by atoms with Gasteiger partial charge < -0.3 is 15.1 Å². The van der Waals surface area contributed by atoms with E-state index in [4.69, 9.17) is 4.42 Å². The third kappa shape index (κ3) is 4.41. The molecular weight excluding hydrogens is 342 g/mol. The lowest BCUT2D eigenvalue weighted by molar-refractivity contribution is -0.115. The Balaban J connectivity index is 1.62. The molecule has 6 heteroatoms. The molecule has 0 saturated carbocycles. The largest absolute Gasteiger partial charge is 0.441 e. The van der Waals surface area contributed by atoms with Crippen molar-refractivity contribution in [2.24, 2.45) is 0 Å². The Morgan fingerprint density at radius 2 is 1.74 bits per heavy atom. The van der Waals surface area contributed by atoms with Gasteiger partial charge in [0.1, 0.15) is 5.76 Å². The molecule has 3 rings (SSSR count). The number of benzene rings is 2. The Morgan fingerprint density at radius 3 is 2.48 bits per heavy atom. The standard InChI is InChI=1S/C21H21N3O3/c1-3-15-9-7-8-12-17(15)23-18(25)13-22-20(26)19-14(2)27-21(24-19)16-10-5-4-6-11-16/h4-12H,3,13H2,1-2H3,(H,22,26)(H,23,25). The van der Waals surface area contributed by atoms with Crippen molar-refractivity contribution in [3.63, 3.8) is 0 Å². The number of anilines is 1. The van der Waals surface area contributed by atoms with Crippen molar-refractivity contribution in [1.82, 2.24) is 10.3 Å². The zero-order valence-corrected chi connectivity index (χ0v) is 15.3. The minimum atomic E-state index is -0.447. The molecule has 0 saturated heterocycles. The number of rotatable bonds is 6. The number of amides is 2. The summed E-state index contributed by atoms with van der Waals surface area (Å²) in [5.41, 5.74) is 2.75. The van der Waals surface area contributed by atoms with Crippen LogP contribution in [0.4, 0.5) is 5.69 Å². The van der Waals surface area contributed by atoms with E-state index >= 15 is 0 Å². The highest BCUT2D eigenvalue weighted by Gasteiger charge is 2.18. The molecule has 0 aliphatic carbocycles. The Morgan fingerprint density at radius 1 is 1.04 bits per heavy atom. The summed E-state index contributed by atoms with van der Waals surface area (Å²) in [7, 11) is 0. The van der Waals surface area contributed by atoms with Crippen LogP contribution in [-0.4, -0.2) is 23.3 Å². The summed E-state index contributed by atoms with van der Waals surface area (Å²) in [5, 5.41) is 5.41. The molecule has 0 aliphatic rings. The van der Waals surface area contributed by atoms with Crippen molar-refractivity contribution in [3.8, 4) is 11.5 Å².